The van der Waals surface area contributed by atoms with Crippen LogP contribution in [0.25, 0.3) is 10.9 Å². The van der Waals surface area contributed by atoms with Crippen LogP contribution in [0.15, 0.2) is 18.2 Å². The molecule has 1 aromatic carbocycles. The zero-order valence-corrected chi connectivity index (χ0v) is 9.21. The average molecular weight is 287 g/mol. The molecule has 0 aliphatic carbocycles. The zero-order chi connectivity index (χ0) is 9.26. The van der Waals surface area contributed by atoms with E-state index in [0.29, 0.717) is 6.54 Å². The molecule has 0 fully saturated rings. The second-order valence-corrected chi connectivity index (χ2v) is 4.04. The van der Waals surface area contributed by atoms with E-state index in [4.69, 9.17) is 5.73 Å². The smallest absolute Gasteiger partial charge is 0.106 e. The third-order valence-corrected chi connectivity index (χ3v) is 2.88. The Labute approximate surface area is 89.8 Å². The Morgan fingerprint density at radius 3 is 3.08 bits per heavy atom. The lowest BCUT2D eigenvalue weighted by atomic mass is 10.2. The molecule has 68 valence electrons. The number of para-hydroxylation sites is 1. The van der Waals surface area contributed by atoms with Crippen LogP contribution in [0.3, 0.4) is 0 Å². The Hall–Kier alpha value is -0.620. The number of aromatic amines is 1. The van der Waals surface area contributed by atoms with Crippen LogP contribution in [0.2, 0.25) is 0 Å². The first-order chi connectivity index (χ1) is 6.33. The lowest BCUT2D eigenvalue weighted by molar-refractivity contribution is 0.909. The third-order valence-electron chi connectivity index (χ3n) is 2.01. The van der Waals surface area contributed by atoms with Crippen LogP contribution in [0.4, 0.5) is 0 Å². The molecule has 0 aliphatic rings. The van der Waals surface area contributed by atoms with E-state index in [2.05, 4.69) is 44.9 Å². The van der Waals surface area contributed by atoms with E-state index in [1.165, 1.54) is 8.96 Å². The highest BCUT2D eigenvalue weighted by atomic mass is 127. The van der Waals surface area contributed by atoms with Crippen LogP contribution in [-0.4, -0.2) is 16.7 Å². The molecule has 0 saturated carbocycles. The number of H-pyrrole nitrogens is 1. The van der Waals surface area contributed by atoms with Crippen LogP contribution in [0.1, 0.15) is 5.69 Å². The minimum atomic E-state index is 0.656. The standard InChI is InChI=1S/C9H10IN3/c10-7-3-1-2-6-8(4-5-11)12-13-9(6)7/h1-3H,4-5,11H2,(H,12,13). The molecule has 3 N–H and O–H groups in total. The van der Waals surface area contributed by atoms with E-state index < -0.39 is 0 Å². The fourth-order valence-corrected chi connectivity index (χ4v) is 2.01. The van der Waals surface area contributed by atoms with E-state index in [1.807, 2.05) is 6.07 Å². The van der Waals surface area contributed by atoms with Crippen molar-refractivity contribution in [2.24, 2.45) is 5.73 Å². The molecule has 13 heavy (non-hydrogen) atoms. The Bertz CT molecular complexity index is 422. The Morgan fingerprint density at radius 1 is 1.46 bits per heavy atom. The molecular weight excluding hydrogens is 277 g/mol. The highest BCUT2D eigenvalue weighted by Crippen LogP contribution is 2.20. The molecule has 2 rings (SSSR count). The summed E-state index contributed by atoms with van der Waals surface area (Å²) in [6.45, 7) is 0.656. The number of benzene rings is 1. The third kappa shape index (κ3) is 1.55. The number of hydrogen-bond donors (Lipinski definition) is 2. The zero-order valence-electron chi connectivity index (χ0n) is 7.05. The van der Waals surface area contributed by atoms with Gasteiger partial charge in [0, 0.05) is 21.1 Å². The fourth-order valence-electron chi connectivity index (χ4n) is 1.39. The van der Waals surface area contributed by atoms with Crippen molar-refractivity contribution >= 4 is 33.5 Å². The minimum absolute atomic E-state index is 0.656. The van der Waals surface area contributed by atoms with Crippen molar-refractivity contribution in [3.8, 4) is 0 Å². The molecule has 2 aromatic rings. The summed E-state index contributed by atoms with van der Waals surface area (Å²) < 4.78 is 1.18. The number of nitrogens with zero attached hydrogens (tertiary/aromatic N) is 1. The fraction of sp³-hybridized carbons (Fsp3) is 0.222. The van der Waals surface area contributed by atoms with Gasteiger partial charge in [-0.3, -0.25) is 5.10 Å². The molecule has 0 aliphatic heterocycles. The van der Waals surface area contributed by atoms with Crippen LogP contribution >= 0.6 is 22.6 Å². The Balaban J connectivity index is 2.61. The molecule has 0 bridgehead atoms. The Morgan fingerprint density at radius 2 is 2.31 bits per heavy atom. The number of fused-ring (bicyclic) bond motifs is 1. The van der Waals surface area contributed by atoms with Gasteiger partial charge in [-0.2, -0.15) is 5.10 Å². The van der Waals surface area contributed by atoms with Gasteiger partial charge in [0.05, 0.1) is 0 Å². The van der Waals surface area contributed by atoms with Crippen molar-refractivity contribution in [3.63, 3.8) is 0 Å². The number of nitrogens with one attached hydrogen (secondary N) is 1. The molecule has 0 spiro atoms. The van der Waals surface area contributed by atoms with Gasteiger partial charge in [0.1, 0.15) is 5.52 Å². The van der Waals surface area contributed by atoms with Crippen LogP contribution in [0, 0.1) is 3.57 Å². The van der Waals surface area contributed by atoms with Crippen molar-refractivity contribution in [3.05, 3.63) is 27.5 Å². The lowest BCUT2D eigenvalue weighted by Gasteiger charge is -1.94. The summed E-state index contributed by atoms with van der Waals surface area (Å²) in [5.41, 5.74) is 7.68. The highest BCUT2D eigenvalue weighted by Gasteiger charge is 2.05. The second kappa shape index (κ2) is 3.63. The van der Waals surface area contributed by atoms with Crippen LogP contribution < -0.4 is 5.73 Å². The summed E-state index contributed by atoms with van der Waals surface area (Å²) in [7, 11) is 0. The molecule has 3 nitrogen and oxygen atoms in total. The molecule has 0 amide bonds. The Kier molecular flexibility index (Phi) is 2.50. The van der Waals surface area contributed by atoms with E-state index in [-0.39, 0.29) is 0 Å². The van der Waals surface area contributed by atoms with Gasteiger partial charge < -0.3 is 5.73 Å². The maximum absolute atomic E-state index is 5.50. The van der Waals surface area contributed by atoms with Gasteiger partial charge in [-0.1, -0.05) is 12.1 Å². The van der Waals surface area contributed by atoms with Crippen molar-refractivity contribution in [1.82, 2.24) is 10.2 Å². The molecular formula is C9H10IN3. The van der Waals surface area contributed by atoms with Gasteiger partial charge in [-0.05, 0) is 35.2 Å². The van der Waals surface area contributed by atoms with Gasteiger partial charge in [0.25, 0.3) is 0 Å². The molecule has 0 radical (unpaired) electrons. The predicted octanol–water partition coefficient (Wildman–Crippen LogP) is 1.67. The molecule has 1 aromatic heterocycles. The van der Waals surface area contributed by atoms with E-state index in [1.54, 1.807) is 0 Å². The SMILES string of the molecule is NCCc1[nH]nc2c(I)cccc12. The van der Waals surface area contributed by atoms with Gasteiger partial charge in [0.15, 0.2) is 0 Å². The highest BCUT2D eigenvalue weighted by molar-refractivity contribution is 14.1. The quantitative estimate of drug-likeness (QED) is 0.825. The first kappa shape index (κ1) is 8.96. The monoisotopic (exact) mass is 287 g/mol. The topological polar surface area (TPSA) is 54.7 Å². The number of nitrogens with two attached hydrogens (primary N) is 1. The first-order valence-electron chi connectivity index (χ1n) is 4.14. The maximum Gasteiger partial charge on any atom is 0.106 e. The minimum Gasteiger partial charge on any atom is -0.330 e. The maximum atomic E-state index is 5.50. The van der Waals surface area contributed by atoms with Gasteiger partial charge in [0.2, 0.25) is 0 Å². The summed E-state index contributed by atoms with van der Waals surface area (Å²) in [5.74, 6) is 0. The number of aromatic nitrogens is 2. The van der Waals surface area contributed by atoms with Gasteiger partial charge in [-0.15, -0.1) is 0 Å². The van der Waals surface area contributed by atoms with Crippen molar-refractivity contribution in [1.29, 1.82) is 0 Å². The number of halogens is 1. The van der Waals surface area contributed by atoms with Crippen molar-refractivity contribution in [2.75, 3.05) is 6.54 Å². The lowest BCUT2D eigenvalue weighted by Crippen LogP contribution is -2.03. The largest absolute Gasteiger partial charge is 0.330 e. The normalized spacial score (nSPS) is 10.9. The van der Waals surface area contributed by atoms with E-state index in [0.717, 1.165) is 17.6 Å². The number of rotatable bonds is 2. The van der Waals surface area contributed by atoms with E-state index in [9.17, 15) is 0 Å². The van der Waals surface area contributed by atoms with Crippen LogP contribution in [-0.2, 0) is 6.42 Å². The molecule has 0 unspecified atom stereocenters. The van der Waals surface area contributed by atoms with Crippen molar-refractivity contribution in [2.45, 2.75) is 6.42 Å². The van der Waals surface area contributed by atoms with E-state index >= 15 is 0 Å². The summed E-state index contributed by atoms with van der Waals surface area (Å²) in [6.07, 6.45) is 0.858. The van der Waals surface area contributed by atoms with Crippen LogP contribution in [0.5, 0.6) is 0 Å². The summed E-state index contributed by atoms with van der Waals surface area (Å²) in [4.78, 5) is 0. The number of hydrogen-bond acceptors (Lipinski definition) is 2. The summed E-state index contributed by atoms with van der Waals surface area (Å²) in [6, 6.07) is 6.17. The first-order valence-corrected chi connectivity index (χ1v) is 5.22. The molecule has 4 heteroatoms. The average Bonchev–Trinajstić information content (AvgIpc) is 2.51. The summed E-state index contributed by atoms with van der Waals surface area (Å²) in [5, 5.41) is 8.46. The molecule has 0 atom stereocenters. The second-order valence-electron chi connectivity index (χ2n) is 2.88. The van der Waals surface area contributed by atoms with Crippen molar-refractivity contribution < 1.29 is 0 Å². The molecule has 0 saturated heterocycles. The predicted molar refractivity (Wildman–Crippen MR) is 61.6 cm³/mol. The van der Waals surface area contributed by atoms with Gasteiger partial charge in [-0.25, -0.2) is 0 Å². The van der Waals surface area contributed by atoms with Gasteiger partial charge >= 0.3 is 0 Å². The molecule has 1 heterocycles. The summed E-state index contributed by atoms with van der Waals surface area (Å²) >= 11 is 2.29.